The van der Waals surface area contributed by atoms with Crippen LogP contribution in [0.2, 0.25) is 0 Å². The molecule has 1 rings (SSSR count). The minimum absolute atomic E-state index is 0.103. The molecule has 0 heterocycles. The van der Waals surface area contributed by atoms with Crippen molar-refractivity contribution in [2.24, 2.45) is 0 Å². The second-order valence-electron chi connectivity index (χ2n) is 5.05. The zero-order valence-electron chi connectivity index (χ0n) is 13.0. The molecule has 0 aliphatic carbocycles. The molecule has 1 aromatic rings. The van der Waals surface area contributed by atoms with Crippen LogP contribution >= 0.6 is 0 Å². The Labute approximate surface area is 126 Å². The number of unbranched alkanes of at least 4 members (excludes halogenated alkanes) is 2. The standard InChI is InChI=1S/C16H25FN2O2/c1-4-5-6-9-19-16(20)12(2)21-15-8-7-13(11-18-3)10-14(15)17/h7-8,10,12,18H,4-6,9,11H2,1-3H3,(H,19,20). The molecular weight excluding hydrogens is 271 g/mol. The fraction of sp³-hybridized carbons (Fsp3) is 0.562. The van der Waals surface area contributed by atoms with E-state index in [1.54, 1.807) is 26.1 Å². The van der Waals surface area contributed by atoms with Crippen molar-refractivity contribution in [1.82, 2.24) is 10.6 Å². The van der Waals surface area contributed by atoms with Crippen LogP contribution in [0, 0.1) is 5.82 Å². The molecule has 2 N–H and O–H groups in total. The average Bonchev–Trinajstić information content (AvgIpc) is 2.46. The van der Waals surface area contributed by atoms with Crippen LogP contribution in [0.15, 0.2) is 18.2 Å². The molecule has 1 amide bonds. The second kappa shape index (κ2) is 9.34. The summed E-state index contributed by atoms with van der Waals surface area (Å²) in [5, 5.41) is 5.74. The number of hydrogen-bond donors (Lipinski definition) is 2. The number of benzene rings is 1. The van der Waals surface area contributed by atoms with Gasteiger partial charge in [-0.2, -0.15) is 0 Å². The summed E-state index contributed by atoms with van der Waals surface area (Å²) in [7, 11) is 1.80. The topological polar surface area (TPSA) is 50.4 Å². The van der Waals surface area contributed by atoms with Crippen molar-refractivity contribution in [3.05, 3.63) is 29.6 Å². The van der Waals surface area contributed by atoms with Gasteiger partial charge in [0, 0.05) is 13.1 Å². The van der Waals surface area contributed by atoms with E-state index in [-0.39, 0.29) is 11.7 Å². The third-order valence-corrected chi connectivity index (χ3v) is 3.13. The first-order valence-electron chi connectivity index (χ1n) is 7.45. The Morgan fingerprint density at radius 3 is 2.76 bits per heavy atom. The van der Waals surface area contributed by atoms with Crippen LogP contribution in [0.3, 0.4) is 0 Å². The number of carbonyl (C=O) groups is 1. The van der Waals surface area contributed by atoms with Crippen LogP contribution in [0.4, 0.5) is 4.39 Å². The number of carbonyl (C=O) groups excluding carboxylic acids is 1. The molecule has 0 spiro atoms. The van der Waals surface area contributed by atoms with E-state index >= 15 is 0 Å². The highest BCUT2D eigenvalue weighted by atomic mass is 19.1. The van der Waals surface area contributed by atoms with Crippen molar-refractivity contribution in [3.8, 4) is 5.75 Å². The number of halogens is 1. The predicted octanol–water partition coefficient (Wildman–Crippen LogP) is 2.62. The lowest BCUT2D eigenvalue weighted by Crippen LogP contribution is -2.37. The van der Waals surface area contributed by atoms with Crippen molar-refractivity contribution < 1.29 is 13.9 Å². The molecule has 0 aliphatic heterocycles. The van der Waals surface area contributed by atoms with Gasteiger partial charge in [-0.25, -0.2) is 4.39 Å². The Balaban J connectivity index is 2.50. The van der Waals surface area contributed by atoms with Crippen molar-refractivity contribution in [3.63, 3.8) is 0 Å². The maximum atomic E-state index is 13.9. The van der Waals surface area contributed by atoms with Gasteiger partial charge in [-0.05, 0) is 38.1 Å². The molecule has 0 fully saturated rings. The Kier molecular flexibility index (Phi) is 7.75. The summed E-state index contributed by atoms with van der Waals surface area (Å²) in [6.07, 6.45) is 2.42. The molecule has 0 aromatic heterocycles. The van der Waals surface area contributed by atoms with Gasteiger partial charge in [-0.3, -0.25) is 4.79 Å². The van der Waals surface area contributed by atoms with E-state index < -0.39 is 11.9 Å². The number of hydrogen-bond acceptors (Lipinski definition) is 3. The first-order chi connectivity index (χ1) is 10.1. The minimum atomic E-state index is -0.712. The van der Waals surface area contributed by atoms with E-state index in [4.69, 9.17) is 4.74 Å². The zero-order valence-corrected chi connectivity index (χ0v) is 13.0. The lowest BCUT2D eigenvalue weighted by atomic mass is 10.2. The van der Waals surface area contributed by atoms with E-state index in [0.29, 0.717) is 13.1 Å². The first kappa shape index (κ1) is 17.4. The van der Waals surface area contributed by atoms with E-state index in [1.807, 2.05) is 0 Å². The summed E-state index contributed by atoms with van der Waals surface area (Å²) in [5.41, 5.74) is 0.832. The normalized spacial score (nSPS) is 12.0. The molecule has 118 valence electrons. The molecule has 5 heteroatoms. The highest BCUT2D eigenvalue weighted by Gasteiger charge is 2.16. The largest absolute Gasteiger partial charge is 0.478 e. The molecule has 1 atom stereocenters. The summed E-state index contributed by atoms with van der Waals surface area (Å²) >= 11 is 0. The third kappa shape index (κ3) is 6.12. The quantitative estimate of drug-likeness (QED) is 0.689. The Morgan fingerprint density at radius 1 is 1.38 bits per heavy atom. The summed E-state index contributed by atoms with van der Waals surface area (Å²) in [6, 6.07) is 4.75. The maximum Gasteiger partial charge on any atom is 0.260 e. The number of nitrogens with one attached hydrogen (secondary N) is 2. The Hall–Kier alpha value is -1.62. The van der Waals surface area contributed by atoms with Crippen molar-refractivity contribution in [2.75, 3.05) is 13.6 Å². The molecular formula is C16H25FN2O2. The van der Waals surface area contributed by atoms with Gasteiger partial charge in [-0.15, -0.1) is 0 Å². The molecule has 0 aliphatic rings. The van der Waals surface area contributed by atoms with Crippen LogP contribution < -0.4 is 15.4 Å². The molecule has 1 unspecified atom stereocenters. The number of ether oxygens (including phenoxy) is 1. The van der Waals surface area contributed by atoms with Crippen LogP contribution in [0.1, 0.15) is 38.7 Å². The van der Waals surface area contributed by atoms with Gasteiger partial charge in [0.05, 0.1) is 0 Å². The van der Waals surface area contributed by atoms with Gasteiger partial charge in [0.15, 0.2) is 17.7 Å². The van der Waals surface area contributed by atoms with E-state index in [1.165, 1.54) is 6.07 Å². The van der Waals surface area contributed by atoms with Crippen LogP contribution in [-0.4, -0.2) is 25.6 Å². The third-order valence-electron chi connectivity index (χ3n) is 3.13. The number of amides is 1. The predicted molar refractivity (Wildman–Crippen MR) is 81.8 cm³/mol. The van der Waals surface area contributed by atoms with Crippen LogP contribution in [0.25, 0.3) is 0 Å². The maximum absolute atomic E-state index is 13.9. The van der Waals surface area contributed by atoms with Gasteiger partial charge in [0.2, 0.25) is 0 Å². The van der Waals surface area contributed by atoms with E-state index in [9.17, 15) is 9.18 Å². The Morgan fingerprint density at radius 2 is 2.14 bits per heavy atom. The summed E-state index contributed by atoms with van der Waals surface area (Å²) in [5.74, 6) is -0.566. The van der Waals surface area contributed by atoms with Crippen LogP contribution in [0.5, 0.6) is 5.75 Å². The molecule has 4 nitrogen and oxygen atoms in total. The van der Waals surface area contributed by atoms with Gasteiger partial charge in [-0.1, -0.05) is 25.8 Å². The molecule has 0 saturated carbocycles. The highest BCUT2D eigenvalue weighted by molar-refractivity contribution is 5.80. The SMILES string of the molecule is CCCCCNC(=O)C(C)Oc1ccc(CNC)cc1F. The average molecular weight is 296 g/mol. The monoisotopic (exact) mass is 296 g/mol. The first-order valence-corrected chi connectivity index (χ1v) is 7.45. The number of rotatable bonds is 9. The minimum Gasteiger partial charge on any atom is -0.478 e. The fourth-order valence-electron chi connectivity index (χ4n) is 1.93. The molecule has 21 heavy (non-hydrogen) atoms. The van der Waals surface area contributed by atoms with Crippen molar-refractivity contribution in [1.29, 1.82) is 0 Å². The Bertz CT molecular complexity index is 452. The van der Waals surface area contributed by atoms with Crippen LogP contribution in [-0.2, 0) is 11.3 Å². The van der Waals surface area contributed by atoms with Gasteiger partial charge >= 0.3 is 0 Å². The second-order valence-corrected chi connectivity index (χ2v) is 5.05. The van der Waals surface area contributed by atoms with Crippen molar-refractivity contribution in [2.45, 2.75) is 45.8 Å². The van der Waals surface area contributed by atoms with Gasteiger partial charge in [0.1, 0.15) is 0 Å². The molecule has 0 radical (unpaired) electrons. The summed E-state index contributed by atoms with van der Waals surface area (Å²) in [4.78, 5) is 11.8. The van der Waals surface area contributed by atoms with Gasteiger partial charge in [0.25, 0.3) is 5.91 Å². The smallest absolute Gasteiger partial charge is 0.260 e. The van der Waals surface area contributed by atoms with E-state index in [0.717, 1.165) is 24.8 Å². The molecule has 0 bridgehead atoms. The lowest BCUT2D eigenvalue weighted by Gasteiger charge is -2.15. The summed E-state index contributed by atoms with van der Waals surface area (Å²) in [6.45, 7) is 4.94. The molecule has 1 aromatic carbocycles. The molecule has 0 saturated heterocycles. The lowest BCUT2D eigenvalue weighted by molar-refractivity contribution is -0.127. The zero-order chi connectivity index (χ0) is 15.7. The van der Waals surface area contributed by atoms with E-state index in [2.05, 4.69) is 17.6 Å². The summed E-state index contributed by atoms with van der Waals surface area (Å²) < 4.78 is 19.3. The fourth-order valence-corrected chi connectivity index (χ4v) is 1.93. The van der Waals surface area contributed by atoms with Gasteiger partial charge < -0.3 is 15.4 Å². The van der Waals surface area contributed by atoms with Crippen molar-refractivity contribution >= 4 is 5.91 Å². The highest BCUT2D eigenvalue weighted by Crippen LogP contribution is 2.19.